The maximum absolute atomic E-state index is 11.7. The molecule has 0 spiro atoms. The molecular formula is C16H27ClN2O2. The number of amides is 1. The summed E-state index contributed by atoms with van der Waals surface area (Å²) in [5.41, 5.74) is 6.51. The Labute approximate surface area is 133 Å². The molecule has 0 aliphatic carbocycles. The highest BCUT2D eigenvalue weighted by Gasteiger charge is 2.11. The monoisotopic (exact) mass is 314 g/mol. The van der Waals surface area contributed by atoms with Gasteiger partial charge in [-0.25, -0.2) is 0 Å². The van der Waals surface area contributed by atoms with Crippen LogP contribution in [0.2, 0.25) is 0 Å². The van der Waals surface area contributed by atoms with Crippen LogP contribution in [0.25, 0.3) is 0 Å². The first-order valence-corrected chi connectivity index (χ1v) is 7.32. The van der Waals surface area contributed by atoms with Gasteiger partial charge in [0.1, 0.15) is 0 Å². The van der Waals surface area contributed by atoms with Crippen LogP contribution in [0.15, 0.2) is 30.3 Å². The van der Waals surface area contributed by atoms with Gasteiger partial charge in [-0.2, -0.15) is 0 Å². The molecule has 120 valence electrons. The highest BCUT2D eigenvalue weighted by Crippen LogP contribution is 2.14. The van der Waals surface area contributed by atoms with E-state index < -0.39 is 0 Å². The highest BCUT2D eigenvalue weighted by atomic mass is 35.5. The van der Waals surface area contributed by atoms with Gasteiger partial charge in [-0.05, 0) is 24.9 Å². The third-order valence-electron chi connectivity index (χ3n) is 3.30. The molecule has 1 atom stereocenters. The van der Waals surface area contributed by atoms with Gasteiger partial charge >= 0.3 is 0 Å². The topological polar surface area (TPSA) is 64.3 Å². The van der Waals surface area contributed by atoms with Crippen LogP contribution in [0.5, 0.6) is 0 Å². The number of nitrogens with one attached hydrogen (secondary N) is 1. The molecule has 5 heteroatoms. The van der Waals surface area contributed by atoms with Crippen molar-refractivity contribution >= 4 is 18.3 Å². The Morgan fingerprint density at radius 3 is 2.48 bits per heavy atom. The molecule has 1 aromatic carbocycles. The number of methoxy groups -OCH3 is 1. The fraction of sp³-hybridized carbons (Fsp3) is 0.562. The molecule has 0 fully saturated rings. The second kappa shape index (κ2) is 12.6. The Morgan fingerprint density at radius 1 is 1.19 bits per heavy atom. The first kappa shape index (κ1) is 19.9. The summed E-state index contributed by atoms with van der Waals surface area (Å²) in [5, 5.41) is 2.93. The van der Waals surface area contributed by atoms with Gasteiger partial charge in [0.25, 0.3) is 0 Å². The first-order valence-electron chi connectivity index (χ1n) is 7.32. The lowest BCUT2D eigenvalue weighted by atomic mass is 10.1. The average Bonchev–Trinajstić information content (AvgIpc) is 2.49. The first-order chi connectivity index (χ1) is 9.77. The van der Waals surface area contributed by atoms with Crippen molar-refractivity contribution < 1.29 is 9.53 Å². The van der Waals surface area contributed by atoms with E-state index in [1.807, 2.05) is 30.3 Å². The van der Waals surface area contributed by atoms with Crippen molar-refractivity contribution in [2.24, 2.45) is 5.73 Å². The summed E-state index contributed by atoms with van der Waals surface area (Å²) < 4.78 is 5.42. The molecule has 0 saturated carbocycles. The molecular weight excluding hydrogens is 288 g/mol. The van der Waals surface area contributed by atoms with E-state index in [0.717, 1.165) is 37.8 Å². The molecule has 0 aromatic heterocycles. The second-order valence-corrected chi connectivity index (χ2v) is 4.89. The van der Waals surface area contributed by atoms with Gasteiger partial charge in [0.2, 0.25) is 5.91 Å². The van der Waals surface area contributed by atoms with Gasteiger partial charge in [-0.1, -0.05) is 43.2 Å². The zero-order valence-corrected chi connectivity index (χ0v) is 13.5. The molecule has 0 aliphatic rings. The van der Waals surface area contributed by atoms with Gasteiger partial charge in [-0.3, -0.25) is 4.79 Å². The van der Waals surface area contributed by atoms with Gasteiger partial charge in [0, 0.05) is 20.1 Å². The number of halogens is 1. The number of hydrogen-bond donors (Lipinski definition) is 2. The standard InChI is InChI=1S/C16H26N2O2.ClH/c1-20-15(14-9-5-4-6-10-14)13-18-16(19)11-7-2-3-8-12-17;/h4-6,9-10,15H,2-3,7-8,11-13,17H2,1H3,(H,18,19);1H. The maximum Gasteiger partial charge on any atom is 0.220 e. The molecule has 0 saturated heterocycles. The van der Waals surface area contributed by atoms with E-state index in [2.05, 4.69) is 5.32 Å². The number of ether oxygens (including phenoxy) is 1. The predicted octanol–water partition coefficient (Wildman–Crippen LogP) is 2.82. The zero-order valence-electron chi connectivity index (χ0n) is 12.7. The highest BCUT2D eigenvalue weighted by molar-refractivity contribution is 5.85. The summed E-state index contributed by atoms with van der Waals surface area (Å²) in [6, 6.07) is 9.93. The average molecular weight is 315 g/mol. The van der Waals surface area contributed by atoms with Crippen LogP contribution in [-0.4, -0.2) is 26.1 Å². The van der Waals surface area contributed by atoms with Crippen molar-refractivity contribution in [1.82, 2.24) is 5.32 Å². The number of hydrogen-bond acceptors (Lipinski definition) is 3. The van der Waals surface area contributed by atoms with Crippen LogP contribution in [-0.2, 0) is 9.53 Å². The molecule has 1 rings (SSSR count). The molecule has 3 N–H and O–H groups in total. The van der Waals surface area contributed by atoms with Crippen LogP contribution in [0.3, 0.4) is 0 Å². The SMILES string of the molecule is COC(CNC(=O)CCCCCCN)c1ccccc1.Cl. The van der Waals surface area contributed by atoms with Crippen LogP contribution in [0.1, 0.15) is 43.8 Å². The smallest absolute Gasteiger partial charge is 0.220 e. The lowest BCUT2D eigenvalue weighted by molar-refractivity contribution is -0.121. The summed E-state index contributed by atoms with van der Waals surface area (Å²) in [6.07, 6.45) is 4.63. The molecule has 0 bridgehead atoms. The third-order valence-corrected chi connectivity index (χ3v) is 3.30. The fourth-order valence-corrected chi connectivity index (χ4v) is 2.08. The molecule has 1 aromatic rings. The number of unbranched alkanes of at least 4 members (excludes halogenated alkanes) is 3. The van der Waals surface area contributed by atoms with Crippen molar-refractivity contribution in [2.45, 2.75) is 38.2 Å². The Hall–Kier alpha value is -1.10. The predicted molar refractivity (Wildman–Crippen MR) is 88.6 cm³/mol. The van der Waals surface area contributed by atoms with E-state index in [1.165, 1.54) is 0 Å². The Morgan fingerprint density at radius 2 is 1.86 bits per heavy atom. The molecule has 0 aliphatic heterocycles. The van der Waals surface area contributed by atoms with E-state index in [9.17, 15) is 4.79 Å². The minimum Gasteiger partial charge on any atom is -0.375 e. The lowest BCUT2D eigenvalue weighted by Crippen LogP contribution is -2.28. The largest absolute Gasteiger partial charge is 0.375 e. The van der Waals surface area contributed by atoms with Crippen LogP contribution in [0, 0.1) is 0 Å². The van der Waals surface area contributed by atoms with Crippen molar-refractivity contribution in [3.05, 3.63) is 35.9 Å². The Bertz CT molecular complexity index is 374. The molecule has 1 amide bonds. The molecule has 21 heavy (non-hydrogen) atoms. The van der Waals surface area contributed by atoms with Crippen LogP contribution < -0.4 is 11.1 Å². The van der Waals surface area contributed by atoms with Crippen LogP contribution in [0.4, 0.5) is 0 Å². The van der Waals surface area contributed by atoms with Crippen molar-refractivity contribution in [3.8, 4) is 0 Å². The maximum atomic E-state index is 11.7. The van der Waals surface area contributed by atoms with Gasteiger partial charge in [0.05, 0.1) is 6.10 Å². The summed E-state index contributed by atoms with van der Waals surface area (Å²) in [7, 11) is 1.66. The zero-order chi connectivity index (χ0) is 14.6. The van der Waals surface area contributed by atoms with Crippen LogP contribution >= 0.6 is 12.4 Å². The minimum absolute atomic E-state index is 0. The van der Waals surface area contributed by atoms with Crippen molar-refractivity contribution in [1.29, 1.82) is 0 Å². The summed E-state index contributed by atoms with van der Waals surface area (Å²) in [4.78, 5) is 11.7. The number of carbonyl (C=O) groups excluding carboxylic acids is 1. The van der Waals surface area contributed by atoms with Gasteiger partial charge in [0.15, 0.2) is 0 Å². The summed E-state index contributed by atoms with van der Waals surface area (Å²) >= 11 is 0. The summed E-state index contributed by atoms with van der Waals surface area (Å²) in [6.45, 7) is 1.25. The summed E-state index contributed by atoms with van der Waals surface area (Å²) in [5.74, 6) is 0.0933. The Kier molecular flexibility index (Phi) is 12.0. The van der Waals surface area contributed by atoms with Gasteiger partial charge < -0.3 is 15.8 Å². The van der Waals surface area contributed by atoms with E-state index in [0.29, 0.717) is 13.0 Å². The molecule has 4 nitrogen and oxygen atoms in total. The normalized spacial score (nSPS) is 11.5. The number of nitrogens with two attached hydrogens (primary N) is 1. The Balaban J connectivity index is 0.00000400. The minimum atomic E-state index is -0.0857. The number of rotatable bonds is 10. The number of carbonyl (C=O) groups is 1. The van der Waals surface area contributed by atoms with E-state index in [-0.39, 0.29) is 24.4 Å². The van der Waals surface area contributed by atoms with E-state index in [1.54, 1.807) is 7.11 Å². The second-order valence-electron chi connectivity index (χ2n) is 4.89. The molecule has 1 unspecified atom stereocenters. The fourth-order valence-electron chi connectivity index (χ4n) is 2.08. The van der Waals surface area contributed by atoms with E-state index >= 15 is 0 Å². The number of benzene rings is 1. The quantitative estimate of drug-likeness (QED) is 0.653. The van der Waals surface area contributed by atoms with Gasteiger partial charge in [-0.15, -0.1) is 12.4 Å². The van der Waals surface area contributed by atoms with Crippen molar-refractivity contribution in [3.63, 3.8) is 0 Å². The molecule has 0 heterocycles. The van der Waals surface area contributed by atoms with E-state index in [4.69, 9.17) is 10.5 Å². The van der Waals surface area contributed by atoms with Crippen molar-refractivity contribution in [2.75, 3.05) is 20.2 Å². The molecule has 0 radical (unpaired) electrons. The third kappa shape index (κ3) is 8.71. The lowest BCUT2D eigenvalue weighted by Gasteiger charge is -2.16.